The van der Waals surface area contributed by atoms with Crippen LogP contribution < -0.4 is 16.0 Å². The zero-order valence-electron chi connectivity index (χ0n) is 12.1. The molecule has 0 spiro atoms. The van der Waals surface area contributed by atoms with E-state index in [9.17, 15) is 9.59 Å². The molecule has 1 atom stereocenters. The maximum Gasteiger partial charge on any atom is 0.340 e. The van der Waals surface area contributed by atoms with Crippen LogP contribution in [0.15, 0.2) is 18.2 Å². The molecule has 1 aliphatic rings. The number of anilines is 2. The number of amides is 1. The molecule has 1 aromatic rings. The Kier molecular flexibility index (Phi) is 4.64. The summed E-state index contributed by atoms with van der Waals surface area (Å²) in [5.74, 6) is -0.673. The van der Waals surface area contributed by atoms with E-state index in [4.69, 9.17) is 15.2 Å². The van der Waals surface area contributed by atoms with E-state index in [0.29, 0.717) is 30.1 Å². The first-order valence-corrected chi connectivity index (χ1v) is 6.63. The highest BCUT2D eigenvalue weighted by atomic mass is 16.5. The summed E-state index contributed by atoms with van der Waals surface area (Å²) in [6.45, 7) is 1.17. The third kappa shape index (κ3) is 2.92. The van der Waals surface area contributed by atoms with Gasteiger partial charge in [-0.2, -0.15) is 0 Å². The van der Waals surface area contributed by atoms with Crippen LogP contribution in [0.4, 0.5) is 11.4 Å². The van der Waals surface area contributed by atoms with Gasteiger partial charge >= 0.3 is 5.97 Å². The molecular weight excluding hydrogens is 274 g/mol. The van der Waals surface area contributed by atoms with Crippen molar-refractivity contribution >= 4 is 23.3 Å². The summed E-state index contributed by atoms with van der Waals surface area (Å²) in [4.78, 5) is 25.8. The smallest absolute Gasteiger partial charge is 0.340 e. The van der Waals surface area contributed by atoms with Crippen molar-refractivity contribution in [3.05, 3.63) is 23.8 Å². The molecule has 1 aliphatic heterocycles. The fraction of sp³-hybridized carbons (Fsp3) is 0.429. The lowest BCUT2D eigenvalue weighted by Gasteiger charge is -2.37. The van der Waals surface area contributed by atoms with Gasteiger partial charge in [-0.25, -0.2) is 4.79 Å². The molecule has 3 N–H and O–H groups in total. The molecule has 1 amide bonds. The first-order chi connectivity index (χ1) is 10.1. The molecule has 1 heterocycles. The second kappa shape index (κ2) is 6.45. The summed E-state index contributed by atoms with van der Waals surface area (Å²) in [5.41, 5.74) is 7.31. The number of nitrogen functional groups attached to an aromatic ring is 1. The summed E-state index contributed by atoms with van der Waals surface area (Å²) >= 11 is 0. The molecule has 0 aromatic heterocycles. The second-order valence-corrected chi connectivity index (χ2v) is 4.63. The van der Waals surface area contributed by atoms with Crippen molar-refractivity contribution in [3.63, 3.8) is 0 Å². The number of carbonyl (C=O) groups is 2. The van der Waals surface area contributed by atoms with E-state index in [0.717, 1.165) is 0 Å². The number of hydrogen-bond acceptors (Lipinski definition) is 6. The first kappa shape index (κ1) is 15.1. The Morgan fingerprint density at radius 3 is 2.90 bits per heavy atom. The van der Waals surface area contributed by atoms with Crippen LogP contribution >= 0.6 is 0 Å². The highest BCUT2D eigenvalue weighted by molar-refractivity contribution is 6.00. The average molecular weight is 293 g/mol. The van der Waals surface area contributed by atoms with Gasteiger partial charge in [0.25, 0.3) is 0 Å². The minimum Gasteiger partial charge on any atom is -0.465 e. The third-order valence-corrected chi connectivity index (χ3v) is 3.44. The van der Waals surface area contributed by atoms with Crippen LogP contribution in [-0.4, -0.2) is 51.8 Å². The minimum absolute atomic E-state index is 0.186. The second-order valence-electron chi connectivity index (χ2n) is 4.63. The molecule has 0 bridgehead atoms. The largest absolute Gasteiger partial charge is 0.465 e. The number of hydrogen-bond donors (Lipinski definition) is 2. The fourth-order valence-electron chi connectivity index (χ4n) is 2.41. The van der Waals surface area contributed by atoms with Crippen LogP contribution in [0.5, 0.6) is 0 Å². The molecule has 21 heavy (non-hydrogen) atoms. The van der Waals surface area contributed by atoms with Crippen LogP contribution in [-0.2, 0) is 14.3 Å². The van der Waals surface area contributed by atoms with Gasteiger partial charge in [0.2, 0.25) is 5.91 Å². The number of morpholine rings is 1. The van der Waals surface area contributed by atoms with Crippen LogP contribution in [0.25, 0.3) is 0 Å². The number of likely N-dealkylation sites (N-methyl/N-ethyl adjacent to an activating group) is 1. The van der Waals surface area contributed by atoms with Crippen molar-refractivity contribution in [2.24, 2.45) is 0 Å². The lowest BCUT2D eigenvalue weighted by Crippen LogP contribution is -2.54. The van der Waals surface area contributed by atoms with Gasteiger partial charge in [0, 0.05) is 13.6 Å². The van der Waals surface area contributed by atoms with E-state index in [2.05, 4.69) is 5.32 Å². The van der Waals surface area contributed by atoms with Crippen molar-refractivity contribution in [1.29, 1.82) is 0 Å². The summed E-state index contributed by atoms with van der Waals surface area (Å²) in [5, 5.41) is 2.60. The van der Waals surface area contributed by atoms with Gasteiger partial charge in [-0.3, -0.25) is 4.79 Å². The molecule has 0 radical (unpaired) electrons. The zero-order chi connectivity index (χ0) is 15.4. The van der Waals surface area contributed by atoms with E-state index < -0.39 is 12.0 Å². The van der Waals surface area contributed by atoms with Crippen LogP contribution in [0, 0.1) is 0 Å². The van der Waals surface area contributed by atoms with Gasteiger partial charge in [0.15, 0.2) is 0 Å². The maximum atomic E-state index is 12.0. The van der Waals surface area contributed by atoms with Crippen molar-refractivity contribution in [3.8, 4) is 0 Å². The van der Waals surface area contributed by atoms with Gasteiger partial charge in [0.05, 0.1) is 37.3 Å². The molecule has 1 aromatic carbocycles. The average Bonchev–Trinajstić information content (AvgIpc) is 2.53. The van der Waals surface area contributed by atoms with E-state index in [1.165, 1.54) is 7.11 Å². The summed E-state index contributed by atoms with van der Waals surface area (Å²) in [6.07, 6.45) is 0. The van der Waals surface area contributed by atoms with E-state index in [1.54, 1.807) is 30.1 Å². The molecule has 114 valence electrons. The Morgan fingerprint density at radius 1 is 1.48 bits per heavy atom. The Morgan fingerprint density at radius 2 is 2.24 bits per heavy atom. The molecule has 7 nitrogen and oxygen atoms in total. The number of nitrogens with one attached hydrogen (secondary N) is 1. The molecule has 1 fully saturated rings. The number of esters is 1. The zero-order valence-corrected chi connectivity index (χ0v) is 12.1. The first-order valence-electron chi connectivity index (χ1n) is 6.63. The lowest BCUT2D eigenvalue weighted by molar-refractivity contribution is -0.124. The molecule has 0 aliphatic carbocycles. The Labute approximate surface area is 123 Å². The molecule has 7 heteroatoms. The maximum absolute atomic E-state index is 12.0. The molecule has 1 saturated heterocycles. The summed E-state index contributed by atoms with van der Waals surface area (Å²) in [6, 6.07) is 4.48. The standard InChI is InChI=1S/C14H19N3O4/c1-16-13(18)11-8-21-7-6-17(11)12-9(14(19)20-2)4-3-5-10(12)15/h3-5,11H,6-8,15H2,1-2H3,(H,16,18). The van der Waals surface area contributed by atoms with Crippen molar-refractivity contribution in [1.82, 2.24) is 5.32 Å². The summed E-state index contributed by atoms with van der Waals surface area (Å²) in [7, 11) is 2.87. The van der Waals surface area contributed by atoms with Gasteiger partial charge in [0.1, 0.15) is 6.04 Å². The predicted octanol–water partition coefficient (Wildman–Crippen LogP) is 0.00660. The number of ether oxygens (including phenoxy) is 2. The van der Waals surface area contributed by atoms with Crippen molar-refractivity contribution in [2.75, 3.05) is 44.5 Å². The molecular formula is C14H19N3O4. The van der Waals surface area contributed by atoms with Crippen molar-refractivity contribution < 1.29 is 19.1 Å². The lowest BCUT2D eigenvalue weighted by atomic mass is 10.1. The van der Waals surface area contributed by atoms with Crippen molar-refractivity contribution in [2.45, 2.75) is 6.04 Å². The SMILES string of the molecule is CNC(=O)C1COCCN1c1c(N)cccc1C(=O)OC. The normalized spacial score (nSPS) is 18.2. The quantitative estimate of drug-likeness (QED) is 0.602. The van der Waals surface area contributed by atoms with Crippen LogP contribution in [0.3, 0.4) is 0 Å². The number of nitrogens with two attached hydrogens (primary N) is 1. The van der Waals surface area contributed by atoms with Gasteiger partial charge in [-0.15, -0.1) is 0 Å². The summed E-state index contributed by atoms with van der Waals surface area (Å²) < 4.78 is 10.2. The van der Waals surface area contributed by atoms with Crippen LogP contribution in [0.2, 0.25) is 0 Å². The van der Waals surface area contributed by atoms with Gasteiger partial charge in [-0.1, -0.05) is 6.07 Å². The third-order valence-electron chi connectivity index (χ3n) is 3.44. The molecule has 0 saturated carbocycles. The van der Waals surface area contributed by atoms with Gasteiger partial charge < -0.3 is 25.4 Å². The molecule has 2 rings (SSSR count). The number of para-hydroxylation sites is 1. The monoisotopic (exact) mass is 293 g/mol. The number of methoxy groups -OCH3 is 1. The highest BCUT2D eigenvalue weighted by Gasteiger charge is 2.32. The van der Waals surface area contributed by atoms with E-state index in [1.807, 2.05) is 0 Å². The highest BCUT2D eigenvalue weighted by Crippen LogP contribution is 2.31. The number of rotatable bonds is 3. The predicted molar refractivity (Wildman–Crippen MR) is 78.2 cm³/mol. The van der Waals surface area contributed by atoms with E-state index >= 15 is 0 Å². The number of nitrogens with zero attached hydrogens (tertiary/aromatic N) is 1. The topological polar surface area (TPSA) is 93.9 Å². The van der Waals surface area contributed by atoms with Gasteiger partial charge in [-0.05, 0) is 12.1 Å². The Bertz CT molecular complexity index is 547. The minimum atomic E-state index is -0.531. The Balaban J connectivity index is 2.47. The molecule has 1 unspecified atom stereocenters. The fourth-order valence-corrected chi connectivity index (χ4v) is 2.41. The number of carbonyl (C=O) groups excluding carboxylic acids is 2. The van der Waals surface area contributed by atoms with E-state index in [-0.39, 0.29) is 12.5 Å². The van der Waals surface area contributed by atoms with Crippen LogP contribution in [0.1, 0.15) is 10.4 Å². The Hall–Kier alpha value is -2.28. The number of benzene rings is 1.